The van der Waals surface area contributed by atoms with Crippen LogP contribution in [0.5, 0.6) is 0 Å². The molecule has 2 amide bonds. The number of hydrogen-bond donors (Lipinski definition) is 3. The van der Waals surface area contributed by atoms with Crippen LogP contribution >= 0.6 is 0 Å². The smallest absolute Gasteiger partial charge is 0.331 e. The van der Waals surface area contributed by atoms with Crippen molar-refractivity contribution in [3.63, 3.8) is 0 Å². The molecule has 190 valence electrons. The molecule has 0 aliphatic heterocycles. The first-order chi connectivity index (χ1) is 15.5. The molecule has 3 N–H and O–H groups in total. The molecule has 0 saturated heterocycles. The van der Waals surface area contributed by atoms with E-state index in [2.05, 4.69) is 10.6 Å². The number of benzene rings is 1. The molecule has 0 aliphatic rings. The van der Waals surface area contributed by atoms with Crippen molar-refractivity contribution in [1.82, 2.24) is 15.5 Å². The van der Waals surface area contributed by atoms with Gasteiger partial charge in [0.05, 0.1) is 12.1 Å². The molecule has 7 nitrogen and oxygen atoms in total. The zero-order chi connectivity index (χ0) is 26.4. The number of nitrogens with zero attached hydrogens (tertiary/aromatic N) is 1. The number of carboxylic acid groups (broad SMARTS) is 1. The molecular weight excluding hydrogens is 430 g/mol. The third-order valence-corrected chi connectivity index (χ3v) is 6.43. The predicted molar refractivity (Wildman–Crippen MR) is 136 cm³/mol. The highest BCUT2D eigenvalue weighted by Gasteiger charge is 2.41. The van der Waals surface area contributed by atoms with E-state index in [0.717, 1.165) is 5.56 Å². The maximum Gasteiger partial charge on any atom is 0.331 e. The summed E-state index contributed by atoms with van der Waals surface area (Å²) in [5.74, 6) is -1.56. The van der Waals surface area contributed by atoms with Crippen molar-refractivity contribution in [3.8, 4) is 0 Å². The Kier molecular flexibility index (Phi) is 10.1. The molecule has 1 aromatic carbocycles. The van der Waals surface area contributed by atoms with E-state index in [-0.39, 0.29) is 23.3 Å². The number of hydrogen-bond acceptors (Lipinski definition) is 4. The Morgan fingerprint density at radius 2 is 1.53 bits per heavy atom. The van der Waals surface area contributed by atoms with Crippen LogP contribution in [0.2, 0.25) is 0 Å². The van der Waals surface area contributed by atoms with Crippen molar-refractivity contribution >= 4 is 17.8 Å². The summed E-state index contributed by atoms with van der Waals surface area (Å²) in [5, 5.41) is 15.5. The number of aliphatic carboxylic acids is 1. The maximum atomic E-state index is 13.7. The van der Waals surface area contributed by atoms with Crippen molar-refractivity contribution in [3.05, 3.63) is 47.5 Å². The molecule has 0 aromatic heterocycles. The molecule has 0 bridgehead atoms. The quantitative estimate of drug-likeness (QED) is 0.451. The van der Waals surface area contributed by atoms with Crippen molar-refractivity contribution < 1.29 is 19.5 Å². The Bertz CT molecular complexity index is 885. The fourth-order valence-corrected chi connectivity index (χ4v) is 4.16. The SMILES string of the molecule is CN[C@H](C(=O)NC(C(=O)N(C)C(/C=C(\C)C(=O)O)C(C)C)C(C)(C)C)C(C)(C)c1ccccc1. The molecule has 2 unspecified atom stereocenters. The molecule has 1 aromatic rings. The summed E-state index contributed by atoms with van der Waals surface area (Å²) in [6.45, 7) is 15.1. The summed E-state index contributed by atoms with van der Waals surface area (Å²) >= 11 is 0. The van der Waals surface area contributed by atoms with Crippen LogP contribution in [0.25, 0.3) is 0 Å². The number of nitrogens with one attached hydrogen (secondary N) is 2. The van der Waals surface area contributed by atoms with Crippen LogP contribution in [0.3, 0.4) is 0 Å². The molecule has 1 rings (SSSR count). The van der Waals surface area contributed by atoms with E-state index in [4.69, 9.17) is 0 Å². The van der Waals surface area contributed by atoms with Crippen LogP contribution in [-0.2, 0) is 19.8 Å². The van der Waals surface area contributed by atoms with Crippen molar-refractivity contribution in [2.45, 2.75) is 78.9 Å². The molecule has 7 heteroatoms. The third-order valence-electron chi connectivity index (χ3n) is 6.43. The lowest BCUT2D eigenvalue weighted by molar-refractivity contribution is -0.141. The summed E-state index contributed by atoms with van der Waals surface area (Å²) in [7, 11) is 3.40. The molecular formula is C27H43N3O4. The van der Waals surface area contributed by atoms with E-state index in [0.29, 0.717) is 0 Å². The molecule has 0 spiro atoms. The van der Waals surface area contributed by atoms with E-state index in [1.807, 2.05) is 78.8 Å². The number of likely N-dealkylation sites (N-methyl/N-ethyl adjacent to an activating group) is 2. The Hall–Kier alpha value is -2.67. The summed E-state index contributed by atoms with van der Waals surface area (Å²) < 4.78 is 0. The maximum absolute atomic E-state index is 13.7. The minimum Gasteiger partial charge on any atom is -0.478 e. The van der Waals surface area contributed by atoms with Crippen molar-refractivity contribution in [1.29, 1.82) is 0 Å². The van der Waals surface area contributed by atoms with Crippen molar-refractivity contribution in [2.24, 2.45) is 11.3 Å². The van der Waals surface area contributed by atoms with Gasteiger partial charge in [-0.15, -0.1) is 0 Å². The van der Waals surface area contributed by atoms with Gasteiger partial charge in [-0.2, -0.15) is 0 Å². The highest BCUT2D eigenvalue weighted by Crippen LogP contribution is 2.29. The molecule has 3 atom stereocenters. The molecule has 0 saturated carbocycles. The van der Waals surface area contributed by atoms with Crippen LogP contribution in [-0.4, -0.2) is 60.0 Å². The summed E-state index contributed by atoms with van der Waals surface area (Å²) in [6, 6.07) is 7.99. The van der Waals surface area contributed by atoms with Gasteiger partial charge in [0.25, 0.3) is 0 Å². The average Bonchev–Trinajstić information content (AvgIpc) is 2.74. The lowest BCUT2D eigenvalue weighted by Gasteiger charge is -2.39. The van der Waals surface area contributed by atoms with Crippen LogP contribution in [0.4, 0.5) is 0 Å². The molecule has 0 radical (unpaired) electrons. The van der Waals surface area contributed by atoms with Crippen LogP contribution in [0.1, 0.15) is 61.0 Å². The first-order valence-electron chi connectivity index (χ1n) is 11.8. The van der Waals surface area contributed by atoms with Crippen LogP contribution < -0.4 is 10.6 Å². The standard InChI is InChI=1S/C27H43N3O4/c1-17(2)20(16-18(3)25(33)34)30(10)24(32)22(26(4,5)6)29-23(31)21(28-9)27(7,8)19-14-12-11-13-15-19/h11-17,20-22,28H,1-10H3,(H,29,31)(H,33,34)/b18-16+/t20?,21-,22?/m1/s1. The van der Waals surface area contributed by atoms with Gasteiger partial charge in [0.15, 0.2) is 0 Å². The summed E-state index contributed by atoms with van der Waals surface area (Å²) in [4.78, 5) is 40.1. The van der Waals surface area contributed by atoms with Gasteiger partial charge < -0.3 is 20.6 Å². The predicted octanol–water partition coefficient (Wildman–Crippen LogP) is 3.60. The lowest BCUT2D eigenvalue weighted by Crippen LogP contribution is -2.61. The monoisotopic (exact) mass is 473 g/mol. The number of carbonyl (C=O) groups excluding carboxylic acids is 2. The number of carbonyl (C=O) groups is 3. The van der Waals surface area contributed by atoms with E-state index in [9.17, 15) is 19.5 Å². The van der Waals surface area contributed by atoms with Gasteiger partial charge in [0, 0.05) is 18.0 Å². The number of amides is 2. The van der Waals surface area contributed by atoms with Gasteiger partial charge >= 0.3 is 5.97 Å². The largest absolute Gasteiger partial charge is 0.478 e. The molecule has 0 fully saturated rings. The second-order valence-electron chi connectivity index (χ2n) is 11.0. The highest BCUT2D eigenvalue weighted by molar-refractivity contribution is 5.91. The van der Waals surface area contributed by atoms with Gasteiger partial charge in [0.1, 0.15) is 6.04 Å². The minimum absolute atomic E-state index is 0.0124. The van der Waals surface area contributed by atoms with Gasteiger partial charge in [-0.3, -0.25) is 9.59 Å². The number of rotatable bonds is 10. The second kappa shape index (κ2) is 11.6. The Balaban J connectivity index is 3.29. The minimum atomic E-state index is -1.02. The fourth-order valence-electron chi connectivity index (χ4n) is 4.16. The van der Waals surface area contributed by atoms with Gasteiger partial charge in [0.2, 0.25) is 11.8 Å². The third kappa shape index (κ3) is 7.16. The van der Waals surface area contributed by atoms with E-state index >= 15 is 0 Å². The molecule has 0 heterocycles. The average molecular weight is 474 g/mol. The lowest BCUT2D eigenvalue weighted by atomic mass is 9.76. The van der Waals surface area contributed by atoms with E-state index in [1.165, 1.54) is 6.92 Å². The normalized spacial score (nSPS) is 15.4. The van der Waals surface area contributed by atoms with Gasteiger partial charge in [-0.1, -0.05) is 84.9 Å². The zero-order valence-electron chi connectivity index (χ0n) is 22.4. The van der Waals surface area contributed by atoms with Gasteiger partial charge in [-0.05, 0) is 30.9 Å². The highest BCUT2D eigenvalue weighted by atomic mass is 16.4. The second-order valence-corrected chi connectivity index (χ2v) is 11.0. The van der Waals surface area contributed by atoms with Crippen molar-refractivity contribution in [2.75, 3.05) is 14.1 Å². The zero-order valence-corrected chi connectivity index (χ0v) is 22.4. The first-order valence-corrected chi connectivity index (χ1v) is 11.8. The molecule has 34 heavy (non-hydrogen) atoms. The Morgan fingerprint density at radius 1 is 1.00 bits per heavy atom. The Morgan fingerprint density at radius 3 is 1.94 bits per heavy atom. The Labute approximate surface area is 205 Å². The summed E-state index contributed by atoms with van der Waals surface area (Å²) in [5.41, 5.74) is 0.0895. The van der Waals surface area contributed by atoms with E-state index < -0.39 is 34.9 Å². The topological polar surface area (TPSA) is 98.7 Å². The number of carboxylic acids is 1. The summed E-state index contributed by atoms with van der Waals surface area (Å²) in [6.07, 6.45) is 1.60. The van der Waals surface area contributed by atoms with Crippen LogP contribution in [0, 0.1) is 11.3 Å². The van der Waals surface area contributed by atoms with E-state index in [1.54, 1.807) is 25.1 Å². The first kappa shape index (κ1) is 29.4. The molecule has 0 aliphatic carbocycles. The van der Waals surface area contributed by atoms with Gasteiger partial charge in [-0.25, -0.2) is 4.79 Å². The van der Waals surface area contributed by atoms with Crippen LogP contribution in [0.15, 0.2) is 42.0 Å². The fraction of sp³-hybridized carbons (Fsp3) is 0.593.